The summed E-state index contributed by atoms with van der Waals surface area (Å²) in [6.45, 7) is 1.47. The molecule has 132 valence electrons. The minimum Gasteiger partial charge on any atom is -0.480 e. The topological polar surface area (TPSA) is 104 Å². The molecule has 1 aromatic heterocycles. The lowest BCUT2D eigenvalue weighted by Crippen LogP contribution is -2.34. The van der Waals surface area contributed by atoms with Crippen molar-refractivity contribution in [2.45, 2.75) is 6.92 Å². The fraction of sp³-hybridized carbons (Fsp3) is 0.158. The van der Waals surface area contributed by atoms with E-state index in [1.165, 1.54) is 0 Å². The number of carbonyl (C=O) groups excluding carboxylic acids is 1. The number of nitrogens with one attached hydrogen (secondary N) is 2. The normalized spacial score (nSPS) is 10.5. The number of rotatable bonds is 6. The molecule has 2 aromatic carbocycles. The maximum atomic E-state index is 11.7. The average molecular weight is 350 g/mol. The van der Waals surface area contributed by atoms with Crippen LogP contribution in [0.2, 0.25) is 0 Å². The van der Waals surface area contributed by atoms with Gasteiger partial charge in [-0.15, -0.1) is 0 Å². The first-order valence-electron chi connectivity index (χ1n) is 8.09. The average Bonchev–Trinajstić information content (AvgIpc) is 2.65. The van der Waals surface area contributed by atoms with E-state index in [1.807, 2.05) is 55.5 Å². The second kappa shape index (κ2) is 7.60. The predicted octanol–water partition coefficient (Wildman–Crippen LogP) is 2.22. The molecule has 7 heteroatoms. The summed E-state index contributed by atoms with van der Waals surface area (Å²) in [5, 5.41) is 14.7. The number of carbonyl (C=O) groups is 2. The molecule has 3 N–H and O–H groups in total. The minimum atomic E-state index is -1.10. The highest BCUT2D eigenvalue weighted by atomic mass is 16.4. The van der Waals surface area contributed by atoms with Crippen LogP contribution in [0.25, 0.3) is 22.2 Å². The van der Waals surface area contributed by atoms with Crippen molar-refractivity contribution in [3.05, 3.63) is 54.1 Å². The van der Waals surface area contributed by atoms with Crippen LogP contribution in [0.3, 0.4) is 0 Å². The fourth-order valence-electron chi connectivity index (χ4n) is 2.53. The third-order valence-electron chi connectivity index (χ3n) is 3.74. The van der Waals surface area contributed by atoms with Crippen molar-refractivity contribution in [3.8, 4) is 11.3 Å². The Morgan fingerprint density at radius 3 is 2.54 bits per heavy atom. The summed E-state index contributed by atoms with van der Waals surface area (Å²) < 4.78 is 0. The monoisotopic (exact) mass is 350 g/mol. The molecule has 7 nitrogen and oxygen atoms in total. The standard InChI is InChI=1S/C19H18N4O3/c1-12-7-8-15-14(9-12)18(13-5-3-2-4-6-13)23-19(22-15)21-10-16(24)20-11-17(25)26/h2-9H,10-11H2,1H3,(H,20,24)(H,25,26)(H,21,22,23). The number of nitrogens with zero attached hydrogens (tertiary/aromatic N) is 2. The fourth-order valence-corrected chi connectivity index (χ4v) is 2.53. The van der Waals surface area contributed by atoms with Gasteiger partial charge >= 0.3 is 5.97 Å². The van der Waals surface area contributed by atoms with Crippen LogP contribution in [0.15, 0.2) is 48.5 Å². The first-order valence-corrected chi connectivity index (χ1v) is 8.09. The van der Waals surface area contributed by atoms with Gasteiger partial charge in [-0.3, -0.25) is 9.59 Å². The van der Waals surface area contributed by atoms with Gasteiger partial charge in [-0.1, -0.05) is 42.0 Å². The van der Waals surface area contributed by atoms with Crippen molar-refractivity contribution in [1.82, 2.24) is 15.3 Å². The van der Waals surface area contributed by atoms with Crippen molar-refractivity contribution in [2.24, 2.45) is 0 Å². The van der Waals surface area contributed by atoms with E-state index in [4.69, 9.17) is 5.11 Å². The lowest BCUT2D eigenvalue weighted by Gasteiger charge is -2.11. The van der Waals surface area contributed by atoms with E-state index in [9.17, 15) is 9.59 Å². The first-order chi connectivity index (χ1) is 12.5. The maximum absolute atomic E-state index is 11.7. The third kappa shape index (κ3) is 4.13. The number of aromatic nitrogens is 2. The molecule has 0 aliphatic heterocycles. The van der Waals surface area contributed by atoms with Crippen LogP contribution in [0.4, 0.5) is 5.95 Å². The van der Waals surface area contributed by atoms with E-state index in [0.29, 0.717) is 5.95 Å². The zero-order valence-corrected chi connectivity index (χ0v) is 14.2. The number of benzene rings is 2. The SMILES string of the molecule is Cc1ccc2nc(NCC(=O)NCC(=O)O)nc(-c3ccccc3)c2c1. The van der Waals surface area contributed by atoms with E-state index in [2.05, 4.69) is 20.6 Å². The number of hydrogen-bond acceptors (Lipinski definition) is 5. The molecule has 26 heavy (non-hydrogen) atoms. The molecule has 0 radical (unpaired) electrons. The number of aryl methyl sites for hydroxylation is 1. The van der Waals surface area contributed by atoms with Crippen LogP contribution in [0.5, 0.6) is 0 Å². The molecule has 0 spiro atoms. The molecule has 1 amide bonds. The van der Waals surface area contributed by atoms with Gasteiger partial charge in [-0.05, 0) is 19.1 Å². The molecule has 0 aliphatic rings. The third-order valence-corrected chi connectivity index (χ3v) is 3.74. The quantitative estimate of drug-likeness (QED) is 0.630. The summed E-state index contributed by atoms with van der Waals surface area (Å²) in [6.07, 6.45) is 0. The van der Waals surface area contributed by atoms with Crippen molar-refractivity contribution >= 4 is 28.7 Å². The summed E-state index contributed by atoms with van der Waals surface area (Å²) >= 11 is 0. The smallest absolute Gasteiger partial charge is 0.322 e. The zero-order chi connectivity index (χ0) is 18.5. The Kier molecular flexibility index (Phi) is 5.07. The van der Waals surface area contributed by atoms with Gasteiger partial charge in [-0.25, -0.2) is 9.97 Å². The summed E-state index contributed by atoms with van der Waals surface area (Å²) in [7, 11) is 0. The molecule has 0 fully saturated rings. The Balaban J connectivity index is 1.91. The van der Waals surface area contributed by atoms with Crippen LogP contribution in [-0.2, 0) is 9.59 Å². The number of aliphatic carboxylic acids is 1. The number of amides is 1. The van der Waals surface area contributed by atoms with Crippen molar-refractivity contribution in [3.63, 3.8) is 0 Å². The van der Waals surface area contributed by atoms with Crippen molar-refractivity contribution in [2.75, 3.05) is 18.4 Å². The van der Waals surface area contributed by atoms with Crippen molar-refractivity contribution < 1.29 is 14.7 Å². The number of anilines is 1. The van der Waals surface area contributed by atoms with Crippen LogP contribution in [0.1, 0.15) is 5.56 Å². The molecule has 0 atom stereocenters. The highest BCUT2D eigenvalue weighted by Crippen LogP contribution is 2.27. The van der Waals surface area contributed by atoms with E-state index in [0.717, 1.165) is 27.7 Å². The van der Waals surface area contributed by atoms with E-state index in [1.54, 1.807) is 0 Å². The number of hydrogen-bond donors (Lipinski definition) is 3. The van der Waals surface area contributed by atoms with Gasteiger partial charge in [-0.2, -0.15) is 0 Å². The second-order valence-corrected chi connectivity index (χ2v) is 5.81. The van der Waals surface area contributed by atoms with Crippen LogP contribution in [0, 0.1) is 6.92 Å². The van der Waals surface area contributed by atoms with Gasteiger partial charge in [0.05, 0.1) is 17.8 Å². The molecule has 0 saturated carbocycles. The maximum Gasteiger partial charge on any atom is 0.322 e. The van der Waals surface area contributed by atoms with E-state index < -0.39 is 18.4 Å². The lowest BCUT2D eigenvalue weighted by atomic mass is 10.0. The Labute approximate surface area is 150 Å². The van der Waals surface area contributed by atoms with Gasteiger partial charge in [0.15, 0.2) is 0 Å². The lowest BCUT2D eigenvalue weighted by molar-refractivity contribution is -0.137. The van der Waals surface area contributed by atoms with Crippen LogP contribution in [-0.4, -0.2) is 40.0 Å². The highest BCUT2D eigenvalue weighted by molar-refractivity contribution is 5.93. The summed E-state index contributed by atoms with van der Waals surface area (Å²) in [5.41, 5.74) is 3.58. The van der Waals surface area contributed by atoms with Crippen molar-refractivity contribution in [1.29, 1.82) is 0 Å². The number of fused-ring (bicyclic) bond motifs is 1. The molecule has 0 unspecified atom stereocenters. The van der Waals surface area contributed by atoms with E-state index >= 15 is 0 Å². The van der Waals surface area contributed by atoms with Gasteiger partial charge < -0.3 is 15.7 Å². The van der Waals surface area contributed by atoms with Gasteiger partial charge in [0.2, 0.25) is 11.9 Å². The molecule has 0 saturated heterocycles. The molecule has 0 aliphatic carbocycles. The zero-order valence-electron chi connectivity index (χ0n) is 14.2. The molecule has 1 heterocycles. The molecular weight excluding hydrogens is 332 g/mol. The Morgan fingerprint density at radius 2 is 1.81 bits per heavy atom. The van der Waals surface area contributed by atoms with E-state index in [-0.39, 0.29) is 6.54 Å². The van der Waals surface area contributed by atoms with Gasteiger partial charge in [0.25, 0.3) is 0 Å². The van der Waals surface area contributed by atoms with Crippen LogP contribution < -0.4 is 10.6 Å². The first kappa shape index (κ1) is 17.3. The van der Waals surface area contributed by atoms with Gasteiger partial charge in [0, 0.05) is 10.9 Å². The minimum absolute atomic E-state index is 0.112. The predicted molar refractivity (Wildman–Crippen MR) is 98.8 cm³/mol. The molecular formula is C19H18N4O3. The number of carboxylic acids is 1. The number of carboxylic acid groups (broad SMARTS) is 1. The highest BCUT2D eigenvalue weighted by Gasteiger charge is 2.11. The second-order valence-electron chi connectivity index (χ2n) is 5.81. The Hall–Kier alpha value is -3.48. The largest absolute Gasteiger partial charge is 0.480 e. The Morgan fingerprint density at radius 1 is 1.04 bits per heavy atom. The molecule has 3 aromatic rings. The molecule has 3 rings (SSSR count). The molecule has 0 bridgehead atoms. The Bertz CT molecular complexity index is 958. The summed E-state index contributed by atoms with van der Waals surface area (Å²) in [5.74, 6) is -1.23. The summed E-state index contributed by atoms with van der Waals surface area (Å²) in [6, 6.07) is 15.6. The van der Waals surface area contributed by atoms with Gasteiger partial charge in [0.1, 0.15) is 6.54 Å². The van der Waals surface area contributed by atoms with Crippen LogP contribution >= 0.6 is 0 Å². The summed E-state index contributed by atoms with van der Waals surface area (Å²) in [4.78, 5) is 31.2.